The molecule has 0 aliphatic heterocycles. The predicted octanol–water partition coefficient (Wildman–Crippen LogP) is 5.02. The molecule has 1 N–H and O–H groups in total. The van der Waals surface area contributed by atoms with Crippen molar-refractivity contribution in [2.75, 3.05) is 5.32 Å². The quantitative estimate of drug-likeness (QED) is 0.795. The number of benzene rings is 1. The highest BCUT2D eigenvalue weighted by Gasteiger charge is 2.41. The third-order valence-corrected chi connectivity index (χ3v) is 7.56. The van der Waals surface area contributed by atoms with E-state index in [0.29, 0.717) is 23.8 Å². The maximum Gasteiger partial charge on any atom is 0.229 e. The molecule has 0 saturated heterocycles. The number of hydrogen-bond donors (Lipinski definition) is 1. The number of nitrogens with zero attached hydrogens (tertiary/aromatic N) is 1. The van der Waals surface area contributed by atoms with Crippen molar-refractivity contribution in [2.45, 2.75) is 57.8 Å². The van der Waals surface area contributed by atoms with Crippen LogP contribution in [0.2, 0.25) is 0 Å². The van der Waals surface area contributed by atoms with Gasteiger partial charge in [0.05, 0.1) is 5.69 Å². The Morgan fingerprint density at radius 2 is 1.79 bits per heavy atom. The molecule has 2 saturated carbocycles. The zero-order valence-electron chi connectivity index (χ0n) is 16.1. The predicted molar refractivity (Wildman–Crippen MR) is 111 cm³/mol. The summed E-state index contributed by atoms with van der Waals surface area (Å²) in [5, 5.41) is 5.72. The summed E-state index contributed by atoms with van der Waals surface area (Å²) in [6.07, 6.45) is 9.35. The second-order valence-corrected chi connectivity index (χ2v) is 9.47. The Morgan fingerprint density at radius 3 is 2.57 bits per heavy atom. The number of nitrogens with one attached hydrogen (secondary N) is 1. The minimum atomic E-state index is -0.0518. The Kier molecular flexibility index (Phi) is 4.79. The molecular weight excluding hydrogens is 368 g/mol. The van der Waals surface area contributed by atoms with Crippen LogP contribution in [0, 0.1) is 17.8 Å². The second-order valence-electron chi connectivity index (χ2n) is 8.61. The van der Waals surface area contributed by atoms with E-state index >= 15 is 0 Å². The Hall–Kier alpha value is -2.01. The van der Waals surface area contributed by atoms with E-state index in [4.69, 9.17) is 0 Å². The Labute approximate surface area is 169 Å². The van der Waals surface area contributed by atoms with Crippen molar-refractivity contribution in [3.05, 3.63) is 34.7 Å². The van der Waals surface area contributed by atoms with Crippen molar-refractivity contribution in [3.63, 3.8) is 0 Å². The summed E-state index contributed by atoms with van der Waals surface area (Å²) in [7, 11) is 0. The van der Waals surface area contributed by atoms with E-state index in [1.165, 1.54) is 41.7 Å². The van der Waals surface area contributed by atoms with Crippen molar-refractivity contribution in [2.24, 2.45) is 17.8 Å². The molecular formula is C23H26N2O2S. The minimum Gasteiger partial charge on any atom is -0.302 e. The van der Waals surface area contributed by atoms with Gasteiger partial charge in [0.1, 0.15) is 5.78 Å². The number of thiazole rings is 1. The van der Waals surface area contributed by atoms with Crippen LogP contribution in [0.3, 0.4) is 0 Å². The van der Waals surface area contributed by atoms with Crippen molar-refractivity contribution < 1.29 is 9.59 Å². The SMILES string of the molecule is O=C(Nc1nc(-c2ccc3c(c2)CCCC3)cs1)C1C[C@H]2CCC[C@@H](C1)C2=O. The van der Waals surface area contributed by atoms with Crippen LogP contribution in [0.5, 0.6) is 0 Å². The minimum absolute atomic E-state index is 0.0377. The summed E-state index contributed by atoms with van der Waals surface area (Å²) in [5.41, 5.74) is 4.98. The first-order valence-corrected chi connectivity index (χ1v) is 11.5. The topological polar surface area (TPSA) is 59.1 Å². The summed E-state index contributed by atoms with van der Waals surface area (Å²) in [5.74, 6) is 0.593. The number of ketones is 1. The average molecular weight is 395 g/mol. The van der Waals surface area contributed by atoms with Crippen LogP contribution >= 0.6 is 11.3 Å². The number of carbonyl (C=O) groups excluding carboxylic acids is 2. The number of anilines is 1. The van der Waals surface area contributed by atoms with Crippen molar-refractivity contribution >= 4 is 28.2 Å². The zero-order chi connectivity index (χ0) is 19.1. The molecule has 146 valence electrons. The van der Waals surface area contributed by atoms with Gasteiger partial charge in [-0.15, -0.1) is 11.3 Å². The van der Waals surface area contributed by atoms with Gasteiger partial charge in [-0.3, -0.25) is 9.59 Å². The number of aryl methyl sites for hydroxylation is 2. The van der Waals surface area contributed by atoms with Crippen LogP contribution < -0.4 is 5.32 Å². The maximum atomic E-state index is 12.8. The monoisotopic (exact) mass is 394 g/mol. The fraction of sp³-hybridized carbons (Fsp3) is 0.522. The molecule has 4 nitrogen and oxygen atoms in total. The van der Waals surface area contributed by atoms with Crippen LogP contribution in [0.4, 0.5) is 5.13 Å². The molecule has 3 aliphatic carbocycles. The Morgan fingerprint density at radius 1 is 1.04 bits per heavy atom. The van der Waals surface area contributed by atoms with Crippen molar-refractivity contribution in [3.8, 4) is 11.3 Å². The van der Waals surface area contributed by atoms with Gasteiger partial charge in [-0.2, -0.15) is 0 Å². The van der Waals surface area contributed by atoms with Gasteiger partial charge in [-0.25, -0.2) is 4.98 Å². The number of aromatic nitrogens is 1. The number of amides is 1. The third kappa shape index (κ3) is 3.41. The van der Waals surface area contributed by atoms with Crippen molar-refractivity contribution in [1.82, 2.24) is 4.98 Å². The molecule has 3 atom stereocenters. The molecule has 3 aliphatic rings. The summed E-state index contributed by atoms with van der Waals surface area (Å²) in [6.45, 7) is 0. The van der Waals surface area contributed by atoms with Gasteiger partial charge in [0.2, 0.25) is 5.91 Å². The van der Waals surface area contributed by atoms with Gasteiger partial charge in [0.15, 0.2) is 5.13 Å². The molecule has 1 unspecified atom stereocenters. The number of hydrogen-bond acceptors (Lipinski definition) is 4. The first-order valence-electron chi connectivity index (χ1n) is 10.6. The van der Waals surface area contributed by atoms with Gasteiger partial charge < -0.3 is 5.32 Å². The van der Waals surface area contributed by atoms with Gasteiger partial charge in [-0.05, 0) is 68.6 Å². The lowest BCUT2D eigenvalue weighted by Crippen LogP contribution is -2.40. The molecule has 5 heteroatoms. The molecule has 2 fully saturated rings. The maximum absolute atomic E-state index is 12.8. The highest BCUT2D eigenvalue weighted by Crippen LogP contribution is 2.40. The molecule has 2 bridgehead atoms. The number of Topliss-reactive ketones (excluding diaryl/α,β-unsaturated/α-hetero) is 1. The average Bonchev–Trinajstić information content (AvgIpc) is 3.16. The van der Waals surface area contributed by atoms with Crippen LogP contribution in [-0.2, 0) is 22.4 Å². The number of rotatable bonds is 3. The van der Waals surface area contributed by atoms with E-state index in [9.17, 15) is 9.59 Å². The lowest BCUT2D eigenvalue weighted by atomic mass is 9.67. The Balaban J connectivity index is 1.28. The van der Waals surface area contributed by atoms with Crippen LogP contribution in [-0.4, -0.2) is 16.7 Å². The lowest BCUT2D eigenvalue weighted by Gasteiger charge is -2.36. The van der Waals surface area contributed by atoms with Gasteiger partial charge in [-0.1, -0.05) is 18.6 Å². The van der Waals surface area contributed by atoms with E-state index in [-0.39, 0.29) is 23.7 Å². The summed E-state index contributed by atoms with van der Waals surface area (Å²) < 4.78 is 0. The molecule has 5 rings (SSSR count). The van der Waals surface area contributed by atoms with Gasteiger partial charge in [0, 0.05) is 28.7 Å². The van der Waals surface area contributed by atoms with Crippen molar-refractivity contribution in [1.29, 1.82) is 0 Å². The highest BCUT2D eigenvalue weighted by atomic mass is 32.1. The molecule has 2 aromatic rings. The first-order chi connectivity index (χ1) is 13.7. The fourth-order valence-corrected chi connectivity index (χ4v) is 5.98. The highest BCUT2D eigenvalue weighted by molar-refractivity contribution is 7.14. The largest absolute Gasteiger partial charge is 0.302 e. The molecule has 1 heterocycles. The van der Waals surface area contributed by atoms with E-state index in [1.807, 2.05) is 5.38 Å². The standard InChI is InChI=1S/C23H26N2O2S/c26-21-17-6-3-7-18(21)12-19(11-17)22(27)25-23-24-20(13-28-23)16-9-8-14-4-1-2-5-15(14)10-16/h8-10,13,17-19H,1-7,11-12H2,(H,24,25,27)/t17-,18+,19?. The normalized spacial score (nSPS) is 26.6. The summed E-state index contributed by atoms with van der Waals surface area (Å²) >= 11 is 1.49. The van der Waals surface area contributed by atoms with Crippen LogP contribution in [0.1, 0.15) is 56.1 Å². The van der Waals surface area contributed by atoms with E-state index < -0.39 is 0 Å². The van der Waals surface area contributed by atoms with Gasteiger partial charge in [0.25, 0.3) is 0 Å². The first kappa shape index (κ1) is 18.0. The Bertz CT molecular complexity index is 903. The molecule has 1 aromatic carbocycles. The van der Waals surface area contributed by atoms with E-state index in [0.717, 1.165) is 36.9 Å². The summed E-state index contributed by atoms with van der Waals surface area (Å²) in [4.78, 5) is 29.7. The molecule has 28 heavy (non-hydrogen) atoms. The molecule has 0 radical (unpaired) electrons. The molecule has 1 amide bonds. The molecule has 0 spiro atoms. The summed E-state index contributed by atoms with van der Waals surface area (Å²) in [6, 6.07) is 6.65. The van der Waals surface area contributed by atoms with E-state index in [1.54, 1.807) is 0 Å². The van der Waals surface area contributed by atoms with Gasteiger partial charge >= 0.3 is 0 Å². The number of fused-ring (bicyclic) bond motifs is 3. The van der Waals surface area contributed by atoms with E-state index in [2.05, 4.69) is 28.5 Å². The van der Waals surface area contributed by atoms with Crippen LogP contribution in [0.25, 0.3) is 11.3 Å². The third-order valence-electron chi connectivity index (χ3n) is 6.80. The molecule has 1 aromatic heterocycles. The number of carbonyl (C=O) groups is 2. The second kappa shape index (κ2) is 7.43. The fourth-order valence-electron chi connectivity index (χ4n) is 5.26. The lowest BCUT2D eigenvalue weighted by molar-refractivity contribution is -0.136. The van der Waals surface area contributed by atoms with Crippen LogP contribution in [0.15, 0.2) is 23.6 Å². The zero-order valence-corrected chi connectivity index (χ0v) is 16.9. The smallest absolute Gasteiger partial charge is 0.229 e.